The van der Waals surface area contributed by atoms with Crippen LogP contribution in [0.4, 0.5) is 11.4 Å². The van der Waals surface area contributed by atoms with Gasteiger partial charge in [-0.1, -0.05) is 0 Å². The number of carbonyl (C=O) groups excluding carboxylic acids is 2. The monoisotopic (exact) mass is 472 g/mol. The van der Waals surface area contributed by atoms with Crippen molar-refractivity contribution in [3.05, 3.63) is 42.0 Å². The Balaban J connectivity index is 1.45. The molecule has 2 aromatic carbocycles. The van der Waals surface area contributed by atoms with Crippen LogP contribution in [0.25, 0.3) is 0 Å². The maximum Gasteiger partial charge on any atom is 0.230 e. The van der Waals surface area contributed by atoms with Gasteiger partial charge in [0.25, 0.3) is 0 Å². The van der Waals surface area contributed by atoms with Gasteiger partial charge < -0.3 is 19.7 Å². The summed E-state index contributed by atoms with van der Waals surface area (Å²) < 4.78 is 36.7. The topological polar surface area (TPSA) is 102 Å². The third-order valence-electron chi connectivity index (χ3n) is 6.15. The first kappa shape index (κ1) is 23.1. The van der Waals surface area contributed by atoms with E-state index in [4.69, 9.17) is 9.47 Å². The zero-order chi connectivity index (χ0) is 23.8. The Morgan fingerprint density at radius 3 is 2.55 bits per heavy atom. The van der Waals surface area contributed by atoms with E-state index in [0.29, 0.717) is 30.2 Å². The first-order chi connectivity index (χ1) is 15.7. The summed E-state index contributed by atoms with van der Waals surface area (Å²) in [5.74, 6) is 0.805. The van der Waals surface area contributed by atoms with Gasteiger partial charge in [0.05, 0.1) is 30.1 Å². The maximum absolute atomic E-state index is 13.2. The van der Waals surface area contributed by atoms with E-state index >= 15 is 0 Å². The highest BCUT2D eigenvalue weighted by atomic mass is 32.2. The SMILES string of the molecule is COc1ccc(NC(=O)C[C@@H](C)S(=O)(=O)c2ccc3c(c2)CCN3C(=O)C2CC2)c(OC)c1. The molecular weight excluding hydrogens is 444 g/mol. The molecule has 0 unspecified atom stereocenters. The fourth-order valence-electron chi connectivity index (χ4n) is 4.04. The number of amides is 2. The Labute approximate surface area is 193 Å². The summed E-state index contributed by atoms with van der Waals surface area (Å²) in [7, 11) is -0.726. The molecule has 1 N–H and O–H groups in total. The van der Waals surface area contributed by atoms with E-state index in [0.717, 1.165) is 24.1 Å². The van der Waals surface area contributed by atoms with Crippen molar-refractivity contribution in [2.24, 2.45) is 5.92 Å². The molecule has 0 radical (unpaired) electrons. The summed E-state index contributed by atoms with van der Waals surface area (Å²) in [5, 5.41) is 1.79. The molecule has 9 heteroatoms. The van der Waals surface area contributed by atoms with Gasteiger partial charge in [0.1, 0.15) is 11.5 Å². The number of anilines is 2. The lowest BCUT2D eigenvalue weighted by Crippen LogP contribution is -2.30. The minimum atomic E-state index is -3.73. The molecule has 8 nitrogen and oxygen atoms in total. The van der Waals surface area contributed by atoms with E-state index in [1.54, 1.807) is 35.2 Å². The number of methoxy groups -OCH3 is 2. The van der Waals surface area contributed by atoms with Crippen LogP contribution in [-0.2, 0) is 25.8 Å². The average molecular weight is 473 g/mol. The van der Waals surface area contributed by atoms with Gasteiger partial charge in [-0.3, -0.25) is 9.59 Å². The lowest BCUT2D eigenvalue weighted by atomic mass is 10.2. The van der Waals surface area contributed by atoms with Crippen LogP contribution in [0.15, 0.2) is 41.3 Å². The van der Waals surface area contributed by atoms with Crippen LogP contribution >= 0.6 is 0 Å². The van der Waals surface area contributed by atoms with Crippen LogP contribution in [0, 0.1) is 5.92 Å². The first-order valence-corrected chi connectivity index (χ1v) is 12.5. The minimum Gasteiger partial charge on any atom is -0.497 e. The van der Waals surface area contributed by atoms with Gasteiger partial charge in [-0.25, -0.2) is 8.42 Å². The average Bonchev–Trinajstić information content (AvgIpc) is 3.57. The Kier molecular flexibility index (Phi) is 6.34. The van der Waals surface area contributed by atoms with Crippen LogP contribution in [0.3, 0.4) is 0 Å². The predicted molar refractivity (Wildman–Crippen MR) is 125 cm³/mol. The number of hydrogen-bond donors (Lipinski definition) is 1. The van der Waals surface area contributed by atoms with Gasteiger partial charge in [-0.05, 0) is 62.1 Å². The van der Waals surface area contributed by atoms with Crippen LogP contribution in [0.2, 0.25) is 0 Å². The van der Waals surface area contributed by atoms with Crippen LogP contribution in [-0.4, -0.2) is 46.2 Å². The number of ether oxygens (including phenoxy) is 2. The standard InChI is InChI=1S/C24H28N2O6S/c1-15(12-23(27)25-20-8-6-18(31-2)14-22(20)32-3)33(29,30)19-7-9-21-17(13-19)10-11-26(21)24(28)16-4-5-16/h6-9,13-16H,4-5,10-12H2,1-3H3,(H,25,27)/t15-/m1/s1. The number of fused-ring (bicyclic) bond motifs is 1. The highest BCUT2D eigenvalue weighted by Crippen LogP contribution is 2.37. The third kappa shape index (κ3) is 4.68. The molecule has 0 aromatic heterocycles. The van der Waals surface area contributed by atoms with E-state index in [1.165, 1.54) is 27.2 Å². The molecule has 1 aliphatic heterocycles. The van der Waals surface area contributed by atoms with Gasteiger partial charge in [0.2, 0.25) is 11.8 Å². The number of rotatable bonds is 8. The molecule has 1 heterocycles. The van der Waals surface area contributed by atoms with Crippen molar-refractivity contribution in [1.82, 2.24) is 0 Å². The lowest BCUT2D eigenvalue weighted by Gasteiger charge is -2.18. The summed E-state index contributed by atoms with van der Waals surface area (Å²) in [4.78, 5) is 27.0. The third-order valence-corrected chi connectivity index (χ3v) is 8.29. The molecular formula is C24H28N2O6S. The van der Waals surface area contributed by atoms with Gasteiger partial charge in [-0.2, -0.15) is 0 Å². The molecule has 4 rings (SSSR count). The van der Waals surface area contributed by atoms with Crippen molar-refractivity contribution in [3.8, 4) is 11.5 Å². The van der Waals surface area contributed by atoms with Crippen molar-refractivity contribution in [3.63, 3.8) is 0 Å². The number of sulfone groups is 1. The molecule has 2 amide bonds. The normalized spacial score (nSPS) is 16.2. The van der Waals surface area contributed by atoms with Gasteiger partial charge in [0, 0.05) is 30.6 Å². The van der Waals surface area contributed by atoms with Crippen LogP contribution in [0.1, 0.15) is 31.7 Å². The second kappa shape index (κ2) is 9.05. The zero-order valence-corrected chi connectivity index (χ0v) is 19.8. The molecule has 176 valence electrons. The van der Waals surface area contributed by atoms with E-state index in [2.05, 4.69) is 5.32 Å². The second-order valence-electron chi connectivity index (χ2n) is 8.48. The maximum atomic E-state index is 13.2. The molecule has 1 fully saturated rings. The molecule has 2 aromatic rings. The van der Waals surface area contributed by atoms with E-state index < -0.39 is 21.0 Å². The van der Waals surface area contributed by atoms with E-state index in [-0.39, 0.29) is 23.1 Å². The first-order valence-electron chi connectivity index (χ1n) is 10.9. The van der Waals surface area contributed by atoms with Crippen molar-refractivity contribution < 1.29 is 27.5 Å². The number of carbonyl (C=O) groups is 2. The van der Waals surface area contributed by atoms with Gasteiger partial charge in [-0.15, -0.1) is 0 Å². The highest BCUT2D eigenvalue weighted by Gasteiger charge is 2.37. The molecule has 1 atom stereocenters. The predicted octanol–water partition coefficient (Wildman–Crippen LogP) is 3.19. The summed E-state index contributed by atoms with van der Waals surface area (Å²) in [6, 6.07) is 9.85. The van der Waals surface area contributed by atoms with Crippen molar-refractivity contribution in [2.45, 2.75) is 42.8 Å². The Bertz CT molecular complexity index is 1190. The van der Waals surface area contributed by atoms with E-state index in [9.17, 15) is 18.0 Å². The van der Waals surface area contributed by atoms with Crippen molar-refractivity contribution >= 4 is 33.0 Å². The molecule has 1 aliphatic carbocycles. The zero-order valence-electron chi connectivity index (χ0n) is 19.0. The highest BCUT2D eigenvalue weighted by molar-refractivity contribution is 7.92. The molecule has 1 saturated carbocycles. The van der Waals surface area contributed by atoms with Gasteiger partial charge in [0.15, 0.2) is 9.84 Å². The van der Waals surface area contributed by atoms with Crippen LogP contribution in [0.5, 0.6) is 11.5 Å². The number of nitrogens with zero attached hydrogens (tertiary/aromatic N) is 1. The molecule has 33 heavy (non-hydrogen) atoms. The Morgan fingerprint density at radius 2 is 1.88 bits per heavy atom. The van der Waals surface area contributed by atoms with Crippen LogP contribution < -0.4 is 19.7 Å². The summed E-state index contributed by atoms with van der Waals surface area (Å²) in [5.41, 5.74) is 2.08. The number of benzene rings is 2. The smallest absolute Gasteiger partial charge is 0.230 e. The quantitative estimate of drug-likeness (QED) is 0.633. The molecule has 2 aliphatic rings. The minimum absolute atomic E-state index is 0.113. The fourth-order valence-corrected chi connectivity index (χ4v) is 5.44. The summed E-state index contributed by atoms with van der Waals surface area (Å²) in [6.45, 7) is 2.10. The molecule has 0 saturated heterocycles. The molecule has 0 bridgehead atoms. The fraction of sp³-hybridized carbons (Fsp3) is 0.417. The number of hydrogen-bond acceptors (Lipinski definition) is 6. The second-order valence-corrected chi connectivity index (χ2v) is 10.8. The Morgan fingerprint density at radius 1 is 1.12 bits per heavy atom. The van der Waals surface area contributed by atoms with E-state index in [1.807, 2.05) is 0 Å². The Hall–Kier alpha value is -3.07. The largest absolute Gasteiger partial charge is 0.497 e. The lowest BCUT2D eigenvalue weighted by molar-refractivity contribution is -0.119. The van der Waals surface area contributed by atoms with Crippen molar-refractivity contribution in [1.29, 1.82) is 0 Å². The van der Waals surface area contributed by atoms with Crippen molar-refractivity contribution in [2.75, 3.05) is 31.0 Å². The number of nitrogens with one attached hydrogen (secondary N) is 1. The van der Waals surface area contributed by atoms with Gasteiger partial charge >= 0.3 is 0 Å². The summed E-state index contributed by atoms with van der Waals surface area (Å²) >= 11 is 0. The molecule has 0 spiro atoms. The summed E-state index contributed by atoms with van der Waals surface area (Å²) in [6.07, 6.45) is 2.28.